The second-order valence-electron chi connectivity index (χ2n) is 6.06. The van der Waals surface area contributed by atoms with Gasteiger partial charge in [0.1, 0.15) is 6.10 Å². The molecular weight excluding hydrogens is 230 g/mol. The molecule has 2 atom stereocenters. The average Bonchev–Trinajstić information content (AvgIpc) is 2.66. The molecule has 0 aromatic carbocycles. The van der Waals surface area contributed by atoms with Crippen molar-refractivity contribution in [2.45, 2.75) is 46.6 Å². The van der Waals surface area contributed by atoms with E-state index in [2.05, 4.69) is 44.8 Å². The van der Waals surface area contributed by atoms with E-state index in [1.54, 1.807) is 7.11 Å². The van der Waals surface area contributed by atoms with Gasteiger partial charge in [-0.3, -0.25) is 0 Å². The fourth-order valence-electron chi connectivity index (χ4n) is 2.01. The van der Waals surface area contributed by atoms with Crippen LogP contribution >= 0.6 is 0 Å². The Bertz CT molecular complexity index is 369. The van der Waals surface area contributed by atoms with Crippen LogP contribution in [-0.2, 0) is 4.74 Å². The lowest BCUT2D eigenvalue weighted by molar-refractivity contribution is 0.00718. The molecule has 0 bridgehead atoms. The van der Waals surface area contributed by atoms with Crippen LogP contribution in [0, 0.1) is 11.3 Å². The van der Waals surface area contributed by atoms with Crippen molar-refractivity contribution in [3.8, 4) is 0 Å². The molecule has 0 spiro atoms. The molecule has 5 heteroatoms. The third kappa shape index (κ3) is 3.29. The van der Waals surface area contributed by atoms with Gasteiger partial charge in [0.2, 0.25) is 11.7 Å². The molecule has 0 aliphatic carbocycles. The van der Waals surface area contributed by atoms with Gasteiger partial charge in [-0.2, -0.15) is 4.98 Å². The predicted octanol–water partition coefficient (Wildman–Crippen LogP) is 2.50. The summed E-state index contributed by atoms with van der Waals surface area (Å²) < 4.78 is 10.8. The number of rotatable bonds is 5. The minimum atomic E-state index is -0.180. The topological polar surface area (TPSA) is 74.2 Å². The summed E-state index contributed by atoms with van der Waals surface area (Å²) in [5, 5.41) is 4.04. The number of hydrogen-bond acceptors (Lipinski definition) is 5. The van der Waals surface area contributed by atoms with Crippen LogP contribution in [0.5, 0.6) is 0 Å². The number of nitrogens with zero attached hydrogens (tertiary/aromatic N) is 2. The molecule has 5 nitrogen and oxygen atoms in total. The van der Waals surface area contributed by atoms with Gasteiger partial charge in [-0.05, 0) is 11.3 Å². The van der Waals surface area contributed by atoms with Crippen molar-refractivity contribution in [3.05, 3.63) is 11.7 Å². The Morgan fingerprint density at radius 1 is 1.33 bits per heavy atom. The van der Waals surface area contributed by atoms with Crippen LogP contribution in [0.25, 0.3) is 0 Å². The van der Waals surface area contributed by atoms with Crippen LogP contribution < -0.4 is 5.73 Å². The van der Waals surface area contributed by atoms with Gasteiger partial charge >= 0.3 is 0 Å². The van der Waals surface area contributed by atoms with Gasteiger partial charge in [0.15, 0.2) is 0 Å². The van der Waals surface area contributed by atoms with E-state index >= 15 is 0 Å². The zero-order valence-corrected chi connectivity index (χ0v) is 12.2. The second-order valence-corrected chi connectivity index (χ2v) is 6.06. The van der Waals surface area contributed by atoms with Crippen molar-refractivity contribution in [1.29, 1.82) is 0 Å². The number of nitrogens with two attached hydrogens (primary N) is 1. The molecule has 0 aliphatic rings. The molecule has 1 rings (SSSR count). The van der Waals surface area contributed by atoms with Crippen LogP contribution in [0.2, 0.25) is 0 Å². The Hall–Kier alpha value is -0.940. The highest BCUT2D eigenvalue weighted by atomic mass is 16.5. The average molecular weight is 255 g/mol. The number of methoxy groups -OCH3 is 1. The summed E-state index contributed by atoms with van der Waals surface area (Å²) >= 11 is 0. The Morgan fingerprint density at radius 2 is 1.94 bits per heavy atom. The summed E-state index contributed by atoms with van der Waals surface area (Å²) in [6, 6.07) is 0. The molecule has 1 aromatic heterocycles. The smallest absolute Gasteiger partial charge is 0.231 e. The summed E-state index contributed by atoms with van der Waals surface area (Å²) in [6.45, 7) is 10.9. The van der Waals surface area contributed by atoms with Gasteiger partial charge in [0.05, 0.1) is 5.92 Å². The van der Waals surface area contributed by atoms with E-state index in [0.29, 0.717) is 24.2 Å². The van der Waals surface area contributed by atoms with E-state index in [4.69, 9.17) is 15.0 Å². The number of ether oxygens (including phenoxy) is 1. The normalized spacial score (nSPS) is 16.0. The molecule has 0 saturated heterocycles. The standard InChI is InChI=1S/C13H25N3O2/c1-8(2)9(7-14)12-15-11(16-18-12)10(17-6)13(3,4)5/h8-10H,7,14H2,1-6H3. The first-order valence-corrected chi connectivity index (χ1v) is 6.37. The second kappa shape index (κ2) is 5.80. The molecule has 18 heavy (non-hydrogen) atoms. The Kier molecular flexibility index (Phi) is 4.87. The van der Waals surface area contributed by atoms with E-state index < -0.39 is 0 Å². The lowest BCUT2D eigenvalue weighted by atomic mass is 9.88. The molecule has 0 aliphatic heterocycles. The fourth-order valence-corrected chi connectivity index (χ4v) is 2.01. The molecule has 1 heterocycles. The monoisotopic (exact) mass is 255 g/mol. The van der Waals surface area contributed by atoms with Crippen molar-refractivity contribution in [3.63, 3.8) is 0 Å². The molecule has 0 saturated carbocycles. The first kappa shape index (κ1) is 15.1. The summed E-state index contributed by atoms with van der Waals surface area (Å²) in [5.74, 6) is 1.68. The minimum absolute atomic E-state index is 0.0774. The molecular formula is C13H25N3O2. The predicted molar refractivity (Wildman–Crippen MR) is 70.1 cm³/mol. The van der Waals surface area contributed by atoms with Crippen LogP contribution in [0.3, 0.4) is 0 Å². The fraction of sp³-hybridized carbons (Fsp3) is 0.846. The maximum Gasteiger partial charge on any atom is 0.231 e. The van der Waals surface area contributed by atoms with Crippen molar-refractivity contribution in [1.82, 2.24) is 10.1 Å². The highest BCUT2D eigenvalue weighted by Gasteiger charge is 2.32. The third-order valence-electron chi connectivity index (χ3n) is 3.09. The number of hydrogen-bond donors (Lipinski definition) is 1. The molecule has 0 fully saturated rings. The molecule has 104 valence electrons. The molecule has 2 unspecified atom stereocenters. The molecule has 2 N–H and O–H groups in total. The molecule has 0 radical (unpaired) electrons. The first-order chi connectivity index (χ1) is 8.31. The summed E-state index contributed by atoms with van der Waals surface area (Å²) in [5.41, 5.74) is 5.67. The van der Waals surface area contributed by atoms with Crippen LogP contribution in [0.1, 0.15) is 58.4 Å². The van der Waals surface area contributed by atoms with Crippen LogP contribution in [0.4, 0.5) is 0 Å². The minimum Gasteiger partial charge on any atom is -0.373 e. The highest BCUT2D eigenvalue weighted by molar-refractivity contribution is 5.01. The summed E-state index contributed by atoms with van der Waals surface area (Å²) in [7, 11) is 1.66. The zero-order chi connectivity index (χ0) is 13.9. The van der Waals surface area contributed by atoms with Gasteiger partial charge < -0.3 is 15.0 Å². The van der Waals surface area contributed by atoms with E-state index in [-0.39, 0.29) is 17.4 Å². The summed E-state index contributed by atoms with van der Waals surface area (Å²) in [4.78, 5) is 4.46. The van der Waals surface area contributed by atoms with Gasteiger partial charge in [-0.15, -0.1) is 0 Å². The lowest BCUT2D eigenvalue weighted by Crippen LogP contribution is -2.22. The SMILES string of the molecule is COC(c1noc(C(CN)C(C)C)n1)C(C)(C)C. The first-order valence-electron chi connectivity index (χ1n) is 6.37. The highest BCUT2D eigenvalue weighted by Crippen LogP contribution is 2.34. The maximum absolute atomic E-state index is 5.75. The van der Waals surface area contributed by atoms with E-state index in [9.17, 15) is 0 Å². The largest absolute Gasteiger partial charge is 0.373 e. The number of aromatic nitrogens is 2. The maximum atomic E-state index is 5.75. The van der Waals surface area contributed by atoms with E-state index in [1.165, 1.54) is 0 Å². The Balaban J connectivity index is 2.98. The molecule has 0 amide bonds. The zero-order valence-electron chi connectivity index (χ0n) is 12.2. The van der Waals surface area contributed by atoms with Crippen molar-refractivity contribution < 1.29 is 9.26 Å². The van der Waals surface area contributed by atoms with Gasteiger partial charge in [0.25, 0.3) is 0 Å². The van der Waals surface area contributed by atoms with Gasteiger partial charge in [-0.25, -0.2) is 0 Å². The van der Waals surface area contributed by atoms with Gasteiger partial charge in [-0.1, -0.05) is 39.8 Å². The van der Waals surface area contributed by atoms with Gasteiger partial charge in [0, 0.05) is 13.7 Å². The summed E-state index contributed by atoms with van der Waals surface area (Å²) in [6.07, 6.45) is -0.180. The van der Waals surface area contributed by atoms with Crippen molar-refractivity contribution in [2.75, 3.05) is 13.7 Å². The Morgan fingerprint density at radius 3 is 2.33 bits per heavy atom. The van der Waals surface area contributed by atoms with E-state index in [0.717, 1.165) is 0 Å². The Labute approximate surface area is 109 Å². The lowest BCUT2D eigenvalue weighted by Gasteiger charge is -2.26. The molecule has 1 aromatic rings. The van der Waals surface area contributed by atoms with Crippen molar-refractivity contribution >= 4 is 0 Å². The third-order valence-corrected chi connectivity index (χ3v) is 3.09. The van der Waals surface area contributed by atoms with Crippen LogP contribution in [-0.4, -0.2) is 23.8 Å². The quantitative estimate of drug-likeness (QED) is 0.875. The van der Waals surface area contributed by atoms with Crippen molar-refractivity contribution in [2.24, 2.45) is 17.1 Å². The van der Waals surface area contributed by atoms with E-state index in [1.807, 2.05) is 0 Å². The van der Waals surface area contributed by atoms with Crippen LogP contribution in [0.15, 0.2) is 4.52 Å².